The molecule has 9 nitrogen and oxygen atoms in total. The van der Waals surface area contributed by atoms with Gasteiger partial charge in [0.1, 0.15) is 5.75 Å². The van der Waals surface area contributed by atoms with Crippen LogP contribution in [0.4, 0.5) is 11.4 Å². The molecule has 0 spiro atoms. The number of anilines is 2. The summed E-state index contributed by atoms with van der Waals surface area (Å²) in [6, 6.07) is 20.9. The predicted molar refractivity (Wildman–Crippen MR) is 178 cm³/mol. The Morgan fingerprint density at radius 2 is 1.49 bits per heavy atom. The van der Waals surface area contributed by atoms with Gasteiger partial charge >= 0.3 is 0 Å². The van der Waals surface area contributed by atoms with Gasteiger partial charge in [-0.25, -0.2) is 0 Å². The number of methoxy groups -OCH3 is 1. The quantitative estimate of drug-likeness (QED) is 0.407. The number of nitrogens with one attached hydrogen (secondary N) is 2. The first-order valence-electron chi connectivity index (χ1n) is 15.8. The van der Waals surface area contributed by atoms with Crippen molar-refractivity contribution in [1.29, 1.82) is 0 Å². The zero-order chi connectivity index (χ0) is 32.0. The predicted octanol–water partition coefficient (Wildman–Crippen LogP) is 4.57. The highest BCUT2D eigenvalue weighted by Gasteiger charge is 2.24. The van der Waals surface area contributed by atoms with Gasteiger partial charge in [-0.2, -0.15) is 0 Å². The molecule has 2 heterocycles. The first-order chi connectivity index (χ1) is 21.6. The van der Waals surface area contributed by atoms with Crippen LogP contribution < -0.4 is 20.3 Å². The fourth-order valence-electron chi connectivity index (χ4n) is 5.85. The van der Waals surface area contributed by atoms with Crippen LogP contribution in [0.5, 0.6) is 5.75 Å². The highest BCUT2D eigenvalue weighted by atomic mass is 16.5. The summed E-state index contributed by atoms with van der Waals surface area (Å²) in [5.41, 5.74) is 4.63. The Morgan fingerprint density at radius 1 is 0.800 bits per heavy atom. The molecule has 2 N–H and O–H groups in total. The van der Waals surface area contributed by atoms with E-state index in [-0.39, 0.29) is 23.1 Å². The first-order valence-corrected chi connectivity index (χ1v) is 15.8. The number of ether oxygens (including phenoxy) is 1. The normalized spacial score (nSPS) is 15.8. The molecule has 3 aromatic carbocycles. The van der Waals surface area contributed by atoms with Crippen molar-refractivity contribution in [3.63, 3.8) is 0 Å². The lowest BCUT2D eigenvalue weighted by molar-refractivity contribution is -0.130. The molecule has 9 heteroatoms. The second kappa shape index (κ2) is 14.2. The van der Waals surface area contributed by atoms with Crippen molar-refractivity contribution in [2.24, 2.45) is 0 Å². The number of hydrogen-bond acceptors (Lipinski definition) is 6. The number of piperazine rings is 1. The van der Waals surface area contributed by atoms with Crippen LogP contribution in [-0.4, -0.2) is 87.0 Å². The Kier molecular flexibility index (Phi) is 10.1. The minimum absolute atomic E-state index is 0.0163. The van der Waals surface area contributed by atoms with E-state index in [0.29, 0.717) is 56.0 Å². The van der Waals surface area contributed by atoms with Crippen LogP contribution in [0.1, 0.15) is 59.0 Å². The van der Waals surface area contributed by atoms with Crippen molar-refractivity contribution in [2.75, 3.05) is 69.7 Å². The summed E-state index contributed by atoms with van der Waals surface area (Å²) in [6.45, 7) is 11.8. The molecule has 2 aliphatic heterocycles. The Morgan fingerprint density at radius 3 is 2.16 bits per heavy atom. The van der Waals surface area contributed by atoms with Gasteiger partial charge in [0.25, 0.3) is 11.8 Å². The average molecular weight is 612 g/mol. The van der Waals surface area contributed by atoms with Crippen LogP contribution in [0.3, 0.4) is 0 Å². The maximum absolute atomic E-state index is 13.5. The van der Waals surface area contributed by atoms with Gasteiger partial charge in [0.2, 0.25) is 5.91 Å². The lowest BCUT2D eigenvalue weighted by atomic mass is 9.86. The van der Waals surface area contributed by atoms with Crippen LogP contribution in [0.15, 0.2) is 66.7 Å². The van der Waals surface area contributed by atoms with Crippen LogP contribution in [0, 0.1) is 0 Å². The molecule has 5 rings (SSSR count). The first kappa shape index (κ1) is 32.0. The van der Waals surface area contributed by atoms with E-state index in [1.165, 1.54) is 0 Å². The molecule has 45 heavy (non-hydrogen) atoms. The van der Waals surface area contributed by atoms with Crippen molar-refractivity contribution in [3.8, 4) is 5.75 Å². The van der Waals surface area contributed by atoms with Gasteiger partial charge in [0.05, 0.1) is 24.9 Å². The molecule has 0 saturated carbocycles. The number of carbonyl (C=O) groups is 3. The molecular weight excluding hydrogens is 566 g/mol. The van der Waals surface area contributed by atoms with Crippen molar-refractivity contribution in [3.05, 3.63) is 89.0 Å². The molecule has 0 radical (unpaired) electrons. The van der Waals surface area contributed by atoms with Gasteiger partial charge in [-0.3, -0.25) is 14.4 Å². The van der Waals surface area contributed by atoms with Crippen LogP contribution in [0.2, 0.25) is 0 Å². The second-order valence-corrected chi connectivity index (χ2v) is 12.8. The third kappa shape index (κ3) is 8.02. The second-order valence-electron chi connectivity index (χ2n) is 12.8. The van der Waals surface area contributed by atoms with Crippen molar-refractivity contribution < 1.29 is 19.1 Å². The minimum atomic E-state index is -0.227. The SMILES string of the molecule is COc1ccc(CC(=O)N2CCCN(c3ccc(C(=O)N4CCNCC4)cc3NC(=O)c3ccc(C(C)(C)C)cc3)CC2)cc1. The number of benzene rings is 3. The highest BCUT2D eigenvalue weighted by Crippen LogP contribution is 2.30. The van der Waals surface area contributed by atoms with E-state index in [9.17, 15) is 14.4 Å². The van der Waals surface area contributed by atoms with Gasteiger partial charge in [-0.1, -0.05) is 45.0 Å². The summed E-state index contributed by atoms with van der Waals surface area (Å²) in [5.74, 6) is 0.585. The Balaban J connectivity index is 1.34. The highest BCUT2D eigenvalue weighted by molar-refractivity contribution is 6.07. The van der Waals surface area contributed by atoms with E-state index in [1.807, 2.05) is 70.5 Å². The summed E-state index contributed by atoms with van der Waals surface area (Å²) in [5, 5.41) is 6.41. The molecule has 238 valence electrons. The fourth-order valence-corrected chi connectivity index (χ4v) is 5.85. The van der Waals surface area contributed by atoms with Gasteiger partial charge in [-0.05, 0) is 65.4 Å². The maximum atomic E-state index is 13.5. The van der Waals surface area contributed by atoms with E-state index in [0.717, 1.165) is 48.6 Å². The summed E-state index contributed by atoms with van der Waals surface area (Å²) in [6.07, 6.45) is 1.12. The lowest BCUT2D eigenvalue weighted by Gasteiger charge is -2.29. The number of rotatable bonds is 7. The number of nitrogens with zero attached hydrogens (tertiary/aromatic N) is 3. The van der Waals surface area contributed by atoms with Gasteiger partial charge in [0.15, 0.2) is 0 Å². The molecule has 3 amide bonds. The van der Waals surface area contributed by atoms with Crippen molar-refractivity contribution in [2.45, 2.75) is 39.0 Å². The summed E-state index contributed by atoms with van der Waals surface area (Å²) in [4.78, 5) is 46.1. The van der Waals surface area contributed by atoms with E-state index in [4.69, 9.17) is 4.74 Å². The Hall–Kier alpha value is -4.37. The molecule has 0 aliphatic carbocycles. The Labute approximate surface area is 266 Å². The van der Waals surface area contributed by atoms with Gasteiger partial charge < -0.3 is 30.1 Å². The smallest absolute Gasteiger partial charge is 0.255 e. The van der Waals surface area contributed by atoms with Crippen molar-refractivity contribution >= 4 is 29.1 Å². The van der Waals surface area contributed by atoms with Crippen LogP contribution in [0.25, 0.3) is 0 Å². The topological polar surface area (TPSA) is 94.2 Å². The van der Waals surface area contributed by atoms with E-state index in [1.54, 1.807) is 13.2 Å². The Bertz CT molecular complexity index is 1490. The van der Waals surface area contributed by atoms with E-state index >= 15 is 0 Å². The van der Waals surface area contributed by atoms with E-state index < -0.39 is 0 Å². The molecule has 0 aromatic heterocycles. The maximum Gasteiger partial charge on any atom is 0.255 e. The molecule has 3 aromatic rings. The summed E-state index contributed by atoms with van der Waals surface area (Å²) < 4.78 is 5.24. The molecule has 0 bridgehead atoms. The van der Waals surface area contributed by atoms with E-state index in [2.05, 4.69) is 36.3 Å². The third-order valence-corrected chi connectivity index (χ3v) is 8.61. The lowest BCUT2D eigenvalue weighted by Crippen LogP contribution is -2.46. The fraction of sp³-hybridized carbons (Fsp3) is 0.417. The zero-order valence-electron chi connectivity index (χ0n) is 26.9. The molecular formula is C36H45N5O4. The van der Waals surface area contributed by atoms with Gasteiger partial charge in [0, 0.05) is 63.5 Å². The number of hydrogen-bond donors (Lipinski definition) is 2. The summed E-state index contributed by atoms with van der Waals surface area (Å²) >= 11 is 0. The largest absolute Gasteiger partial charge is 0.497 e. The average Bonchev–Trinajstić information content (AvgIpc) is 3.31. The minimum Gasteiger partial charge on any atom is -0.497 e. The zero-order valence-corrected chi connectivity index (χ0v) is 26.9. The molecule has 2 fully saturated rings. The van der Waals surface area contributed by atoms with Crippen LogP contribution in [-0.2, 0) is 16.6 Å². The molecule has 0 atom stereocenters. The monoisotopic (exact) mass is 611 g/mol. The third-order valence-electron chi connectivity index (χ3n) is 8.61. The molecule has 0 unspecified atom stereocenters. The molecule has 2 aliphatic rings. The number of carbonyl (C=O) groups excluding carboxylic acids is 3. The number of amides is 3. The standard InChI is InChI=1S/C36H45N5O4/c1-36(2,3)29-11-8-27(9-12-29)34(43)38-31-25-28(35(44)41-20-16-37-17-21-41)10-15-32(31)39-18-5-19-40(23-22-39)33(42)24-26-6-13-30(45-4)14-7-26/h6-15,25,37H,5,16-24H2,1-4H3,(H,38,43). The van der Waals surface area contributed by atoms with Crippen LogP contribution >= 0.6 is 0 Å². The molecule has 2 saturated heterocycles. The van der Waals surface area contributed by atoms with Gasteiger partial charge in [-0.15, -0.1) is 0 Å². The summed E-state index contributed by atoms with van der Waals surface area (Å²) in [7, 11) is 1.63. The van der Waals surface area contributed by atoms with Crippen molar-refractivity contribution in [1.82, 2.24) is 15.1 Å².